The minimum atomic E-state index is -1.07. The Balaban J connectivity index is 2.58. The van der Waals surface area contributed by atoms with Gasteiger partial charge >= 0.3 is 5.97 Å². The van der Waals surface area contributed by atoms with Crippen LogP contribution in [-0.4, -0.2) is 51.7 Å². The van der Waals surface area contributed by atoms with Gasteiger partial charge in [0.1, 0.15) is 6.04 Å². The predicted octanol–water partition coefficient (Wildman–Crippen LogP) is -0.450. The first-order valence-electron chi connectivity index (χ1n) is 5.91. The highest BCUT2D eigenvalue weighted by Gasteiger charge is 2.38. The van der Waals surface area contributed by atoms with Crippen molar-refractivity contribution in [2.45, 2.75) is 50.8 Å². The molecule has 0 aromatic carbocycles. The molecule has 3 atom stereocenters. The number of amides is 1. The molecule has 1 aliphatic rings. The normalized spacial score (nSPS) is 25.9. The van der Waals surface area contributed by atoms with Crippen LogP contribution in [0.4, 0.5) is 0 Å². The molecule has 6 nitrogen and oxygen atoms in total. The summed E-state index contributed by atoms with van der Waals surface area (Å²) in [5.74, 6) is -1.35. The molecule has 1 fully saturated rings. The molecule has 1 aliphatic heterocycles. The number of nitrogens with two attached hydrogens (primary N) is 1. The van der Waals surface area contributed by atoms with E-state index in [0.717, 1.165) is 12.8 Å². The Morgan fingerprint density at radius 3 is 2.71 bits per heavy atom. The van der Waals surface area contributed by atoms with Gasteiger partial charge < -0.3 is 20.8 Å². The number of rotatable bonds is 5. The van der Waals surface area contributed by atoms with Gasteiger partial charge in [0.25, 0.3) is 0 Å². The Morgan fingerprint density at radius 2 is 2.18 bits per heavy atom. The van der Waals surface area contributed by atoms with Gasteiger partial charge in [-0.05, 0) is 6.42 Å². The lowest BCUT2D eigenvalue weighted by atomic mass is 10.1. The van der Waals surface area contributed by atoms with Gasteiger partial charge in [-0.3, -0.25) is 4.79 Å². The zero-order valence-corrected chi connectivity index (χ0v) is 10.0. The van der Waals surface area contributed by atoms with E-state index in [1.54, 1.807) is 0 Å². The highest BCUT2D eigenvalue weighted by molar-refractivity contribution is 5.84. The summed E-state index contributed by atoms with van der Waals surface area (Å²) in [6.45, 7) is 2.07. The van der Waals surface area contributed by atoms with Gasteiger partial charge in [-0.15, -0.1) is 0 Å². The molecule has 1 saturated heterocycles. The molecule has 1 heterocycles. The predicted molar refractivity (Wildman–Crippen MR) is 61.3 cm³/mol. The topological polar surface area (TPSA) is 104 Å². The molecule has 6 heteroatoms. The van der Waals surface area contributed by atoms with Gasteiger partial charge in [0.2, 0.25) is 5.91 Å². The molecule has 1 amide bonds. The van der Waals surface area contributed by atoms with E-state index in [2.05, 4.69) is 0 Å². The van der Waals surface area contributed by atoms with E-state index in [-0.39, 0.29) is 31.3 Å². The van der Waals surface area contributed by atoms with Gasteiger partial charge in [0.15, 0.2) is 0 Å². The van der Waals surface area contributed by atoms with E-state index in [4.69, 9.17) is 10.8 Å². The molecule has 0 radical (unpaired) electrons. The zero-order chi connectivity index (χ0) is 13.0. The highest BCUT2D eigenvalue weighted by Crippen LogP contribution is 2.19. The lowest BCUT2D eigenvalue weighted by Crippen LogP contribution is -2.42. The number of hydrogen-bond acceptors (Lipinski definition) is 4. The summed E-state index contributed by atoms with van der Waals surface area (Å²) in [7, 11) is 0. The molecule has 98 valence electrons. The smallest absolute Gasteiger partial charge is 0.326 e. The molecule has 0 spiro atoms. The third kappa shape index (κ3) is 3.67. The van der Waals surface area contributed by atoms with E-state index in [1.165, 1.54) is 4.90 Å². The first kappa shape index (κ1) is 13.9. The maximum Gasteiger partial charge on any atom is 0.326 e. The van der Waals surface area contributed by atoms with Crippen LogP contribution in [0.5, 0.6) is 0 Å². The summed E-state index contributed by atoms with van der Waals surface area (Å²) >= 11 is 0. The summed E-state index contributed by atoms with van der Waals surface area (Å²) in [5.41, 5.74) is 5.75. The molecular formula is C11H20N2O4. The Labute approximate surface area is 100 Å². The van der Waals surface area contributed by atoms with Crippen LogP contribution in [0.25, 0.3) is 0 Å². The number of carboxylic acids is 1. The Kier molecular flexibility index (Phi) is 4.89. The SMILES string of the molecule is CCCC(N)CC(=O)N1CC(O)CC1C(=O)O. The molecule has 3 unspecified atom stereocenters. The Hall–Kier alpha value is -1.14. The first-order valence-corrected chi connectivity index (χ1v) is 5.91. The monoisotopic (exact) mass is 244 g/mol. The minimum Gasteiger partial charge on any atom is -0.480 e. The minimum absolute atomic E-state index is 0.0919. The number of hydrogen-bond donors (Lipinski definition) is 3. The van der Waals surface area contributed by atoms with E-state index in [0.29, 0.717) is 0 Å². The van der Waals surface area contributed by atoms with Gasteiger partial charge in [0.05, 0.1) is 6.10 Å². The summed E-state index contributed by atoms with van der Waals surface area (Å²) in [4.78, 5) is 24.0. The summed E-state index contributed by atoms with van der Waals surface area (Å²) in [6.07, 6.45) is 1.12. The third-order valence-corrected chi connectivity index (χ3v) is 2.98. The van der Waals surface area contributed by atoms with Crippen molar-refractivity contribution >= 4 is 11.9 Å². The molecule has 0 aliphatic carbocycles. The summed E-state index contributed by atoms with van der Waals surface area (Å²) in [6, 6.07) is -1.15. The summed E-state index contributed by atoms with van der Waals surface area (Å²) < 4.78 is 0. The third-order valence-electron chi connectivity index (χ3n) is 2.98. The molecule has 0 saturated carbocycles. The number of aliphatic carboxylic acids is 1. The fourth-order valence-electron chi connectivity index (χ4n) is 2.14. The van der Waals surface area contributed by atoms with Crippen molar-refractivity contribution in [3.8, 4) is 0 Å². The molecule has 0 aromatic rings. The molecule has 1 rings (SSSR count). The molecule has 0 bridgehead atoms. The Morgan fingerprint density at radius 1 is 1.53 bits per heavy atom. The quantitative estimate of drug-likeness (QED) is 0.607. The second-order valence-corrected chi connectivity index (χ2v) is 4.54. The van der Waals surface area contributed by atoms with Crippen molar-refractivity contribution in [3.63, 3.8) is 0 Å². The van der Waals surface area contributed by atoms with Crippen LogP contribution in [0.3, 0.4) is 0 Å². The second kappa shape index (κ2) is 5.97. The van der Waals surface area contributed by atoms with Crippen LogP contribution < -0.4 is 5.73 Å². The van der Waals surface area contributed by atoms with Crippen molar-refractivity contribution in [2.75, 3.05) is 6.54 Å². The Bertz CT molecular complexity index is 295. The molecule has 17 heavy (non-hydrogen) atoms. The van der Waals surface area contributed by atoms with Gasteiger partial charge in [-0.2, -0.15) is 0 Å². The average molecular weight is 244 g/mol. The molecule has 0 aromatic heterocycles. The van der Waals surface area contributed by atoms with Crippen LogP contribution >= 0.6 is 0 Å². The van der Waals surface area contributed by atoms with Gasteiger partial charge in [0, 0.05) is 25.4 Å². The van der Waals surface area contributed by atoms with Crippen LogP contribution in [-0.2, 0) is 9.59 Å². The largest absolute Gasteiger partial charge is 0.480 e. The van der Waals surface area contributed by atoms with E-state index >= 15 is 0 Å². The van der Waals surface area contributed by atoms with E-state index < -0.39 is 18.1 Å². The number of β-amino-alcohol motifs (C(OH)–C–C–N with tert-alkyl or cyclic N) is 1. The van der Waals surface area contributed by atoms with Gasteiger partial charge in [-0.1, -0.05) is 13.3 Å². The lowest BCUT2D eigenvalue weighted by Gasteiger charge is -2.22. The first-order chi connectivity index (χ1) is 7.95. The number of carboxylic acid groups (broad SMARTS) is 1. The number of carbonyl (C=O) groups excluding carboxylic acids is 1. The standard InChI is InChI=1S/C11H20N2O4/c1-2-3-7(12)4-10(15)13-6-8(14)5-9(13)11(16)17/h7-9,14H,2-6,12H2,1H3,(H,16,17). The number of aliphatic hydroxyl groups excluding tert-OH is 1. The zero-order valence-electron chi connectivity index (χ0n) is 10.0. The number of likely N-dealkylation sites (tertiary alicyclic amines) is 1. The maximum atomic E-state index is 11.9. The summed E-state index contributed by atoms with van der Waals surface area (Å²) in [5, 5.41) is 18.4. The maximum absolute atomic E-state index is 11.9. The van der Waals surface area contributed by atoms with E-state index in [1.807, 2.05) is 6.92 Å². The van der Waals surface area contributed by atoms with Crippen molar-refractivity contribution in [1.82, 2.24) is 4.90 Å². The van der Waals surface area contributed by atoms with E-state index in [9.17, 15) is 14.7 Å². The van der Waals surface area contributed by atoms with Crippen molar-refractivity contribution in [3.05, 3.63) is 0 Å². The van der Waals surface area contributed by atoms with Crippen molar-refractivity contribution in [2.24, 2.45) is 5.73 Å². The average Bonchev–Trinajstić information content (AvgIpc) is 2.60. The van der Waals surface area contributed by atoms with Crippen LogP contribution in [0.15, 0.2) is 0 Å². The van der Waals surface area contributed by atoms with Gasteiger partial charge in [-0.25, -0.2) is 4.79 Å². The number of carbonyl (C=O) groups is 2. The second-order valence-electron chi connectivity index (χ2n) is 4.54. The molecule has 4 N–H and O–H groups in total. The fourth-order valence-corrected chi connectivity index (χ4v) is 2.14. The van der Waals surface area contributed by atoms with Crippen molar-refractivity contribution < 1.29 is 19.8 Å². The molecular weight excluding hydrogens is 224 g/mol. The van der Waals surface area contributed by atoms with Crippen LogP contribution in [0, 0.1) is 0 Å². The lowest BCUT2D eigenvalue weighted by molar-refractivity contribution is -0.148. The van der Waals surface area contributed by atoms with Crippen molar-refractivity contribution in [1.29, 1.82) is 0 Å². The van der Waals surface area contributed by atoms with Crippen LogP contribution in [0.2, 0.25) is 0 Å². The van der Waals surface area contributed by atoms with Crippen LogP contribution in [0.1, 0.15) is 32.6 Å². The number of nitrogens with zero attached hydrogens (tertiary/aromatic N) is 1. The highest BCUT2D eigenvalue weighted by atomic mass is 16.4. The number of aliphatic hydroxyl groups is 1. The fraction of sp³-hybridized carbons (Fsp3) is 0.818.